The fourth-order valence-corrected chi connectivity index (χ4v) is 8.27. The van der Waals surface area contributed by atoms with E-state index in [2.05, 4.69) is 35.6 Å². The third kappa shape index (κ3) is 4.71. The summed E-state index contributed by atoms with van der Waals surface area (Å²) in [6.45, 7) is 4.93. The highest BCUT2D eigenvalue weighted by Gasteiger charge is 2.58. The molecule has 10 nitrogen and oxygen atoms in total. The van der Waals surface area contributed by atoms with Gasteiger partial charge in [0.1, 0.15) is 24.1 Å². The Hall–Kier alpha value is -3.56. The molecule has 3 fully saturated rings. The molecule has 40 heavy (non-hydrogen) atoms. The van der Waals surface area contributed by atoms with Crippen LogP contribution in [0.2, 0.25) is 0 Å². The summed E-state index contributed by atoms with van der Waals surface area (Å²) >= 11 is 0. The standard InChI is InChI=1S/C30H37N5O5/c1-29-12-10-23(14-19(29)6-7-24-25-8-9-27(36)30(25,2)13-11-26(24)29)40-28(37)18-34-17-21(32-33-34)16-31-20-4-3-5-22(15-20)35(38)39/h3-6,15,17,23-26,31H,7-14,16,18H2,1-2H3/t23-,24-,25-,26-,29-,30-/m0/s1. The number of fused-ring (bicyclic) bond motifs is 5. The van der Waals surface area contributed by atoms with E-state index in [0.717, 1.165) is 51.4 Å². The van der Waals surface area contributed by atoms with E-state index in [9.17, 15) is 19.7 Å². The fourth-order valence-electron chi connectivity index (χ4n) is 8.27. The van der Waals surface area contributed by atoms with Gasteiger partial charge in [0.05, 0.1) is 17.7 Å². The normalized spacial score (nSPS) is 32.9. The number of hydrogen-bond acceptors (Lipinski definition) is 8. The molecule has 4 aliphatic carbocycles. The van der Waals surface area contributed by atoms with E-state index in [1.807, 2.05) is 0 Å². The van der Waals surface area contributed by atoms with Crippen LogP contribution in [-0.4, -0.2) is 37.8 Å². The highest BCUT2D eigenvalue weighted by Crippen LogP contribution is 2.64. The Morgan fingerprint density at radius 1 is 1.20 bits per heavy atom. The maximum Gasteiger partial charge on any atom is 0.328 e. The lowest BCUT2D eigenvalue weighted by molar-refractivity contribution is -0.384. The van der Waals surface area contributed by atoms with Gasteiger partial charge in [-0.1, -0.05) is 36.8 Å². The van der Waals surface area contributed by atoms with Crippen molar-refractivity contribution in [1.82, 2.24) is 15.0 Å². The number of non-ortho nitro benzene ring substituents is 1. The average molecular weight is 548 g/mol. The number of benzene rings is 1. The lowest BCUT2D eigenvalue weighted by Gasteiger charge is -2.56. The summed E-state index contributed by atoms with van der Waals surface area (Å²) in [5.41, 5.74) is 2.68. The molecule has 0 spiro atoms. The SMILES string of the molecule is C[C@]12CC[C@H](OC(=O)Cn3cc(CNc4cccc([N+](=O)[O-])c4)nn3)CC1=CC[C@@H]1[C@@H]2CC[C@]2(C)C(=O)CC[C@@H]12. The van der Waals surface area contributed by atoms with Gasteiger partial charge in [0.25, 0.3) is 5.69 Å². The minimum Gasteiger partial charge on any atom is -0.461 e. The van der Waals surface area contributed by atoms with Crippen LogP contribution < -0.4 is 5.32 Å². The van der Waals surface area contributed by atoms with Crippen molar-refractivity contribution in [3.63, 3.8) is 0 Å². The van der Waals surface area contributed by atoms with Gasteiger partial charge in [0, 0.05) is 36.1 Å². The Balaban J connectivity index is 1.03. The monoisotopic (exact) mass is 547 g/mol. The molecule has 1 N–H and O–H groups in total. The number of Topliss-reactive ketones (excluding diaryl/α,β-unsaturated/α-hetero) is 1. The van der Waals surface area contributed by atoms with Crippen molar-refractivity contribution >= 4 is 23.1 Å². The smallest absolute Gasteiger partial charge is 0.328 e. The molecule has 0 aliphatic heterocycles. The third-order valence-electron chi connectivity index (χ3n) is 10.5. The zero-order chi connectivity index (χ0) is 28.1. The Kier molecular flexibility index (Phi) is 6.74. The highest BCUT2D eigenvalue weighted by molar-refractivity contribution is 5.87. The van der Waals surface area contributed by atoms with E-state index in [0.29, 0.717) is 41.5 Å². The number of esters is 1. The number of carbonyl (C=O) groups excluding carboxylic acids is 2. The van der Waals surface area contributed by atoms with Crippen LogP contribution >= 0.6 is 0 Å². The van der Waals surface area contributed by atoms with Crippen LogP contribution in [0, 0.1) is 38.7 Å². The number of anilines is 1. The number of ether oxygens (including phenoxy) is 1. The average Bonchev–Trinajstić information content (AvgIpc) is 3.50. The molecule has 1 aromatic carbocycles. The second-order valence-corrected chi connectivity index (χ2v) is 12.6. The molecule has 4 aliphatic rings. The Morgan fingerprint density at radius 2 is 2.00 bits per heavy atom. The molecule has 0 radical (unpaired) electrons. The fraction of sp³-hybridized carbons (Fsp3) is 0.600. The number of allylic oxidation sites excluding steroid dienone is 1. The Bertz CT molecular complexity index is 1370. The van der Waals surface area contributed by atoms with Crippen molar-refractivity contribution in [3.8, 4) is 0 Å². The van der Waals surface area contributed by atoms with Crippen LogP contribution in [0.4, 0.5) is 11.4 Å². The van der Waals surface area contributed by atoms with Crippen molar-refractivity contribution in [2.75, 3.05) is 5.32 Å². The zero-order valence-electron chi connectivity index (χ0n) is 23.2. The van der Waals surface area contributed by atoms with Crippen molar-refractivity contribution in [2.24, 2.45) is 28.6 Å². The van der Waals surface area contributed by atoms with Crippen molar-refractivity contribution in [2.45, 2.75) is 84.4 Å². The molecular weight excluding hydrogens is 510 g/mol. The largest absolute Gasteiger partial charge is 0.461 e. The first-order chi connectivity index (χ1) is 19.2. The first kappa shape index (κ1) is 26.7. The number of rotatable bonds is 7. The number of nitro benzene ring substituents is 1. The molecule has 3 saturated carbocycles. The zero-order valence-corrected chi connectivity index (χ0v) is 23.2. The minimum absolute atomic E-state index is 0.00951. The maximum atomic E-state index is 12.8. The van der Waals surface area contributed by atoms with E-state index in [4.69, 9.17) is 4.74 Å². The number of nitrogens with zero attached hydrogens (tertiary/aromatic N) is 4. The molecule has 6 atom stereocenters. The lowest BCUT2D eigenvalue weighted by atomic mass is 9.48. The predicted molar refractivity (Wildman–Crippen MR) is 147 cm³/mol. The molecular formula is C30H37N5O5. The molecule has 10 heteroatoms. The predicted octanol–water partition coefficient (Wildman–Crippen LogP) is 5.24. The Morgan fingerprint density at radius 3 is 2.83 bits per heavy atom. The second kappa shape index (κ2) is 10.1. The molecule has 0 amide bonds. The van der Waals surface area contributed by atoms with E-state index < -0.39 is 4.92 Å². The molecule has 0 bridgehead atoms. The molecule has 2 aromatic rings. The summed E-state index contributed by atoms with van der Waals surface area (Å²) in [5.74, 6) is 1.86. The first-order valence-electron chi connectivity index (χ1n) is 14.5. The van der Waals surface area contributed by atoms with Crippen molar-refractivity contribution in [1.29, 1.82) is 0 Å². The van der Waals surface area contributed by atoms with Crippen LogP contribution in [0.1, 0.15) is 70.9 Å². The second-order valence-electron chi connectivity index (χ2n) is 12.6. The highest BCUT2D eigenvalue weighted by atomic mass is 16.6. The Labute approximate surface area is 233 Å². The summed E-state index contributed by atoms with van der Waals surface area (Å²) in [4.78, 5) is 36.0. The number of carbonyl (C=O) groups is 2. The third-order valence-corrected chi connectivity index (χ3v) is 10.5. The number of aromatic nitrogens is 3. The summed E-state index contributed by atoms with van der Waals surface area (Å²) in [6, 6.07) is 6.25. The van der Waals surface area contributed by atoms with Crippen LogP contribution in [0.15, 0.2) is 42.1 Å². The van der Waals surface area contributed by atoms with E-state index in [-0.39, 0.29) is 35.1 Å². The summed E-state index contributed by atoms with van der Waals surface area (Å²) in [5, 5.41) is 22.2. The summed E-state index contributed by atoms with van der Waals surface area (Å²) in [7, 11) is 0. The van der Waals surface area contributed by atoms with Gasteiger partial charge < -0.3 is 10.1 Å². The van der Waals surface area contributed by atoms with Crippen LogP contribution in [0.3, 0.4) is 0 Å². The van der Waals surface area contributed by atoms with Gasteiger partial charge in [-0.15, -0.1) is 5.10 Å². The van der Waals surface area contributed by atoms with E-state index in [1.54, 1.807) is 18.3 Å². The van der Waals surface area contributed by atoms with Gasteiger partial charge in [-0.05, 0) is 67.8 Å². The molecule has 0 unspecified atom stereocenters. The maximum absolute atomic E-state index is 12.8. The molecule has 1 aromatic heterocycles. The minimum atomic E-state index is -0.439. The van der Waals surface area contributed by atoms with Gasteiger partial charge in [-0.3, -0.25) is 19.7 Å². The van der Waals surface area contributed by atoms with Gasteiger partial charge in [0.15, 0.2) is 0 Å². The van der Waals surface area contributed by atoms with Gasteiger partial charge in [-0.25, -0.2) is 4.68 Å². The van der Waals surface area contributed by atoms with Gasteiger partial charge in [0.2, 0.25) is 0 Å². The van der Waals surface area contributed by atoms with E-state index in [1.165, 1.54) is 22.4 Å². The summed E-state index contributed by atoms with van der Waals surface area (Å²) < 4.78 is 7.37. The van der Waals surface area contributed by atoms with Crippen molar-refractivity contribution < 1.29 is 19.2 Å². The lowest BCUT2D eigenvalue weighted by Crippen LogP contribution is -2.50. The topological polar surface area (TPSA) is 129 Å². The van der Waals surface area contributed by atoms with Gasteiger partial charge >= 0.3 is 5.97 Å². The molecule has 1 heterocycles. The quantitative estimate of drug-likeness (QED) is 0.216. The van der Waals surface area contributed by atoms with Crippen LogP contribution in [-0.2, 0) is 27.4 Å². The number of nitro groups is 1. The van der Waals surface area contributed by atoms with Crippen molar-refractivity contribution in [3.05, 3.63) is 57.9 Å². The number of nitrogens with one attached hydrogen (secondary N) is 1. The molecule has 6 rings (SSSR count). The summed E-state index contributed by atoms with van der Waals surface area (Å²) in [6.07, 6.45) is 11.5. The molecule has 212 valence electrons. The number of hydrogen-bond donors (Lipinski definition) is 1. The van der Waals surface area contributed by atoms with Crippen LogP contribution in [0.25, 0.3) is 0 Å². The van der Waals surface area contributed by atoms with E-state index >= 15 is 0 Å². The van der Waals surface area contributed by atoms with Gasteiger partial charge in [-0.2, -0.15) is 0 Å². The first-order valence-corrected chi connectivity index (χ1v) is 14.5. The number of ketones is 1. The molecule has 0 saturated heterocycles. The van der Waals surface area contributed by atoms with Crippen LogP contribution in [0.5, 0.6) is 0 Å².